The quantitative estimate of drug-likeness (QED) is 0.668. The lowest BCUT2D eigenvalue weighted by molar-refractivity contribution is 0.403. The molecule has 21 heavy (non-hydrogen) atoms. The summed E-state index contributed by atoms with van der Waals surface area (Å²) in [6, 6.07) is 10.7. The number of benzene rings is 1. The standard InChI is InChI=1S/C18H25N3/c1-17(2)16(18(17,3)4)15(21-19)11-12-9-10-20-14-8-6-5-7-13(12)14/h5-10,15-16,21H,11,19H2,1-4H3. The van der Waals surface area contributed by atoms with Crippen molar-refractivity contribution in [1.82, 2.24) is 10.4 Å². The van der Waals surface area contributed by atoms with E-state index in [9.17, 15) is 0 Å². The van der Waals surface area contributed by atoms with Crippen molar-refractivity contribution in [3.05, 3.63) is 42.1 Å². The van der Waals surface area contributed by atoms with E-state index in [0.29, 0.717) is 22.8 Å². The van der Waals surface area contributed by atoms with Crippen molar-refractivity contribution in [2.75, 3.05) is 0 Å². The summed E-state index contributed by atoms with van der Waals surface area (Å²) in [6.45, 7) is 9.36. The van der Waals surface area contributed by atoms with Gasteiger partial charge in [0.2, 0.25) is 0 Å². The Balaban J connectivity index is 1.91. The second kappa shape index (κ2) is 4.79. The van der Waals surface area contributed by atoms with E-state index in [4.69, 9.17) is 5.84 Å². The molecule has 3 N–H and O–H groups in total. The Morgan fingerprint density at radius 1 is 1.14 bits per heavy atom. The molecule has 0 aliphatic heterocycles. The van der Waals surface area contributed by atoms with Crippen LogP contribution < -0.4 is 11.3 Å². The summed E-state index contributed by atoms with van der Waals surface area (Å²) in [4.78, 5) is 4.44. The molecule has 1 aromatic carbocycles. The lowest BCUT2D eigenvalue weighted by atomic mass is 9.95. The monoisotopic (exact) mass is 283 g/mol. The highest BCUT2D eigenvalue weighted by molar-refractivity contribution is 5.81. The molecule has 3 nitrogen and oxygen atoms in total. The number of pyridine rings is 1. The first-order chi connectivity index (χ1) is 9.89. The van der Waals surface area contributed by atoms with E-state index in [1.54, 1.807) is 0 Å². The maximum Gasteiger partial charge on any atom is 0.0704 e. The van der Waals surface area contributed by atoms with E-state index in [0.717, 1.165) is 11.9 Å². The molecule has 3 heteroatoms. The fourth-order valence-electron chi connectivity index (χ4n) is 4.10. The minimum atomic E-state index is 0.292. The number of nitrogens with two attached hydrogens (primary N) is 1. The smallest absolute Gasteiger partial charge is 0.0704 e. The van der Waals surface area contributed by atoms with E-state index in [1.165, 1.54) is 10.9 Å². The van der Waals surface area contributed by atoms with E-state index in [1.807, 2.05) is 12.3 Å². The van der Waals surface area contributed by atoms with Crippen molar-refractivity contribution in [2.24, 2.45) is 22.6 Å². The highest BCUT2D eigenvalue weighted by Crippen LogP contribution is 2.69. The predicted molar refractivity (Wildman–Crippen MR) is 87.6 cm³/mol. The normalized spacial score (nSPS) is 21.4. The number of nitrogens with one attached hydrogen (secondary N) is 1. The zero-order valence-corrected chi connectivity index (χ0v) is 13.4. The third-order valence-electron chi connectivity index (χ3n) is 5.93. The summed E-state index contributed by atoms with van der Waals surface area (Å²) in [5, 5.41) is 1.23. The molecular formula is C18H25N3. The zero-order valence-electron chi connectivity index (χ0n) is 13.4. The van der Waals surface area contributed by atoms with E-state index >= 15 is 0 Å². The Kier molecular flexibility index (Phi) is 3.30. The summed E-state index contributed by atoms with van der Waals surface area (Å²) < 4.78 is 0. The molecule has 1 aliphatic carbocycles. The molecule has 0 spiro atoms. The molecule has 1 unspecified atom stereocenters. The van der Waals surface area contributed by atoms with Crippen molar-refractivity contribution in [2.45, 2.75) is 40.2 Å². The van der Waals surface area contributed by atoms with Gasteiger partial charge < -0.3 is 0 Å². The fraction of sp³-hybridized carbons (Fsp3) is 0.500. The van der Waals surface area contributed by atoms with Gasteiger partial charge in [0.05, 0.1) is 5.52 Å². The van der Waals surface area contributed by atoms with Gasteiger partial charge in [-0.2, -0.15) is 0 Å². The van der Waals surface area contributed by atoms with Gasteiger partial charge in [0.1, 0.15) is 0 Å². The molecule has 0 saturated heterocycles. The Hall–Kier alpha value is -1.45. The minimum Gasteiger partial charge on any atom is -0.271 e. The molecule has 112 valence electrons. The molecule has 1 atom stereocenters. The number of rotatable bonds is 4. The number of nitrogens with zero attached hydrogens (tertiary/aromatic N) is 1. The van der Waals surface area contributed by atoms with Gasteiger partial charge in [-0.3, -0.25) is 16.3 Å². The second-order valence-electron chi connectivity index (χ2n) is 7.39. The van der Waals surface area contributed by atoms with Crippen LogP contribution in [-0.2, 0) is 6.42 Å². The summed E-state index contributed by atoms with van der Waals surface area (Å²) in [7, 11) is 0. The number of hydrogen-bond acceptors (Lipinski definition) is 3. The third-order valence-corrected chi connectivity index (χ3v) is 5.93. The van der Waals surface area contributed by atoms with Gasteiger partial charge in [0.15, 0.2) is 0 Å². The van der Waals surface area contributed by atoms with Crippen LogP contribution in [0.5, 0.6) is 0 Å². The third kappa shape index (κ3) is 2.16. The minimum absolute atomic E-state index is 0.292. The topological polar surface area (TPSA) is 50.9 Å². The van der Waals surface area contributed by atoms with Gasteiger partial charge >= 0.3 is 0 Å². The molecule has 1 heterocycles. The maximum atomic E-state index is 5.88. The SMILES string of the molecule is CC1(C)C(C(Cc2ccnc3ccccc23)NN)C1(C)C. The molecule has 0 bridgehead atoms. The first kappa shape index (κ1) is 14.5. The van der Waals surface area contributed by atoms with Crippen LogP contribution in [0.15, 0.2) is 36.5 Å². The van der Waals surface area contributed by atoms with Gasteiger partial charge in [0, 0.05) is 17.6 Å². The summed E-state index contributed by atoms with van der Waals surface area (Å²) in [5.74, 6) is 6.47. The van der Waals surface area contributed by atoms with E-state index < -0.39 is 0 Å². The van der Waals surface area contributed by atoms with Gasteiger partial charge in [0.25, 0.3) is 0 Å². The average Bonchev–Trinajstić information content (AvgIpc) is 2.87. The molecule has 1 saturated carbocycles. The lowest BCUT2D eigenvalue weighted by Crippen LogP contribution is -2.40. The van der Waals surface area contributed by atoms with Crippen LogP contribution in [0.1, 0.15) is 33.3 Å². The summed E-state index contributed by atoms with van der Waals surface area (Å²) in [5.41, 5.74) is 6.10. The Labute approximate surface area is 126 Å². The van der Waals surface area contributed by atoms with Crippen molar-refractivity contribution in [3.8, 4) is 0 Å². The van der Waals surface area contributed by atoms with Crippen LogP contribution in [0.4, 0.5) is 0 Å². The molecule has 1 aromatic heterocycles. The largest absolute Gasteiger partial charge is 0.271 e. The second-order valence-corrected chi connectivity index (χ2v) is 7.39. The van der Waals surface area contributed by atoms with Crippen LogP contribution in [0.3, 0.4) is 0 Å². The zero-order chi connectivity index (χ0) is 15.3. The fourth-order valence-corrected chi connectivity index (χ4v) is 4.10. The molecular weight excluding hydrogens is 258 g/mol. The van der Waals surface area contributed by atoms with Gasteiger partial charge in [-0.05, 0) is 40.9 Å². The lowest BCUT2D eigenvalue weighted by Gasteiger charge is -2.19. The predicted octanol–water partition coefficient (Wildman–Crippen LogP) is 3.29. The molecule has 0 radical (unpaired) electrons. The number of para-hydroxylation sites is 1. The molecule has 3 rings (SSSR count). The van der Waals surface area contributed by atoms with Crippen molar-refractivity contribution >= 4 is 10.9 Å². The van der Waals surface area contributed by atoms with Crippen molar-refractivity contribution < 1.29 is 0 Å². The highest BCUT2D eigenvalue weighted by Gasteiger charge is 2.66. The molecule has 1 aliphatic rings. The van der Waals surface area contributed by atoms with Crippen LogP contribution in [0.2, 0.25) is 0 Å². The molecule has 2 aromatic rings. The average molecular weight is 283 g/mol. The van der Waals surface area contributed by atoms with Gasteiger partial charge in [-0.1, -0.05) is 45.9 Å². The van der Waals surface area contributed by atoms with Crippen LogP contribution in [-0.4, -0.2) is 11.0 Å². The van der Waals surface area contributed by atoms with Crippen LogP contribution in [0, 0.1) is 16.7 Å². The first-order valence-corrected chi connectivity index (χ1v) is 7.68. The van der Waals surface area contributed by atoms with E-state index in [2.05, 4.69) is 62.4 Å². The molecule has 1 fully saturated rings. The molecule has 0 amide bonds. The van der Waals surface area contributed by atoms with Crippen molar-refractivity contribution in [1.29, 1.82) is 0 Å². The number of hydrogen-bond donors (Lipinski definition) is 2. The van der Waals surface area contributed by atoms with E-state index in [-0.39, 0.29) is 0 Å². The van der Waals surface area contributed by atoms with Crippen LogP contribution in [0.25, 0.3) is 10.9 Å². The van der Waals surface area contributed by atoms with Gasteiger partial charge in [-0.25, -0.2) is 0 Å². The Bertz CT molecular complexity index is 641. The Morgan fingerprint density at radius 2 is 1.81 bits per heavy atom. The van der Waals surface area contributed by atoms with Crippen LogP contribution >= 0.6 is 0 Å². The first-order valence-electron chi connectivity index (χ1n) is 7.68. The van der Waals surface area contributed by atoms with Crippen molar-refractivity contribution in [3.63, 3.8) is 0 Å². The highest BCUT2D eigenvalue weighted by atomic mass is 15.2. The Morgan fingerprint density at radius 3 is 2.43 bits per heavy atom. The number of fused-ring (bicyclic) bond motifs is 1. The maximum absolute atomic E-state index is 5.88. The summed E-state index contributed by atoms with van der Waals surface area (Å²) in [6.07, 6.45) is 2.84. The number of hydrazine groups is 1. The number of aromatic nitrogens is 1. The summed E-state index contributed by atoms with van der Waals surface area (Å²) >= 11 is 0. The van der Waals surface area contributed by atoms with Gasteiger partial charge in [-0.15, -0.1) is 0 Å².